The molecule has 1 aliphatic heterocycles. The number of rotatable bonds is 3. The van der Waals surface area contributed by atoms with Gasteiger partial charge in [-0.25, -0.2) is 9.97 Å². The average Bonchev–Trinajstić information content (AvgIpc) is 2.63. The van der Waals surface area contributed by atoms with Crippen LogP contribution < -0.4 is 5.56 Å². The van der Waals surface area contributed by atoms with Crippen LogP contribution in [0.4, 0.5) is 0 Å². The molecule has 1 N–H and O–H groups in total. The van der Waals surface area contributed by atoms with Gasteiger partial charge >= 0.3 is 0 Å². The molecule has 0 radical (unpaired) electrons. The quantitative estimate of drug-likeness (QED) is 0.687. The molecule has 126 valence electrons. The van der Waals surface area contributed by atoms with Gasteiger partial charge in [-0.05, 0) is 40.2 Å². The van der Waals surface area contributed by atoms with E-state index >= 15 is 0 Å². The molecule has 1 aliphatic rings. The molecule has 0 bridgehead atoms. The first-order chi connectivity index (χ1) is 12.2. The highest BCUT2D eigenvalue weighted by atomic mass is 79.9. The summed E-state index contributed by atoms with van der Waals surface area (Å²) in [6.07, 6.45) is 4.16. The van der Waals surface area contributed by atoms with Gasteiger partial charge in [-0.3, -0.25) is 14.7 Å². The van der Waals surface area contributed by atoms with E-state index in [1.807, 2.05) is 30.3 Å². The molecule has 0 atom stereocenters. The fraction of sp³-hybridized carbons (Fsp3) is 0.222. The van der Waals surface area contributed by atoms with E-state index in [9.17, 15) is 4.79 Å². The minimum atomic E-state index is -0.0734. The van der Waals surface area contributed by atoms with Crippen molar-refractivity contribution >= 4 is 15.9 Å². The zero-order valence-electron chi connectivity index (χ0n) is 13.4. The Labute approximate surface area is 153 Å². The van der Waals surface area contributed by atoms with Crippen LogP contribution in [0, 0.1) is 0 Å². The van der Waals surface area contributed by atoms with E-state index in [1.165, 1.54) is 0 Å². The summed E-state index contributed by atoms with van der Waals surface area (Å²) in [5.74, 6) is 0.582. The summed E-state index contributed by atoms with van der Waals surface area (Å²) in [7, 11) is 0. The molecule has 0 spiro atoms. The van der Waals surface area contributed by atoms with Gasteiger partial charge in [-0.2, -0.15) is 0 Å². The zero-order valence-corrected chi connectivity index (χ0v) is 15.0. The molecule has 0 aliphatic carbocycles. The minimum absolute atomic E-state index is 0.0734. The maximum absolute atomic E-state index is 12.5. The minimum Gasteiger partial charge on any atom is -0.306 e. The standard InChI is InChI=1S/C18H16BrN5O/c19-16-5-1-4-13(21-16)10-24-8-6-15-14(11-24)18(25)23-17(22-15)12-3-2-7-20-9-12/h1-5,7,9H,6,8,10-11H2,(H,22,23,25). The fourth-order valence-corrected chi connectivity index (χ4v) is 3.40. The number of nitrogens with one attached hydrogen (secondary N) is 1. The van der Waals surface area contributed by atoms with Crippen LogP contribution in [0.1, 0.15) is 17.0 Å². The van der Waals surface area contributed by atoms with Gasteiger partial charge in [0.25, 0.3) is 5.56 Å². The summed E-state index contributed by atoms with van der Waals surface area (Å²) in [5.41, 5.74) is 3.35. The van der Waals surface area contributed by atoms with Gasteiger partial charge in [0.05, 0.1) is 17.0 Å². The van der Waals surface area contributed by atoms with Crippen molar-refractivity contribution in [2.24, 2.45) is 0 Å². The van der Waals surface area contributed by atoms with Crippen LogP contribution in [0.5, 0.6) is 0 Å². The SMILES string of the molecule is O=c1[nH]c(-c2cccnc2)nc2c1CN(Cc1cccc(Br)n1)CC2. The number of aromatic nitrogens is 4. The van der Waals surface area contributed by atoms with Gasteiger partial charge in [0.2, 0.25) is 0 Å². The smallest absolute Gasteiger partial charge is 0.255 e. The Morgan fingerprint density at radius 1 is 1.20 bits per heavy atom. The number of hydrogen-bond donors (Lipinski definition) is 1. The maximum atomic E-state index is 12.5. The lowest BCUT2D eigenvalue weighted by Gasteiger charge is -2.27. The highest BCUT2D eigenvalue weighted by molar-refractivity contribution is 9.10. The molecule has 0 saturated carbocycles. The Kier molecular flexibility index (Phi) is 4.42. The van der Waals surface area contributed by atoms with Gasteiger partial charge in [0.1, 0.15) is 10.4 Å². The molecule has 3 aromatic heterocycles. The van der Waals surface area contributed by atoms with Crippen molar-refractivity contribution in [1.82, 2.24) is 24.8 Å². The van der Waals surface area contributed by atoms with Gasteiger partial charge in [-0.15, -0.1) is 0 Å². The second-order valence-corrected chi connectivity index (χ2v) is 6.81. The van der Waals surface area contributed by atoms with E-state index in [-0.39, 0.29) is 5.56 Å². The number of nitrogens with zero attached hydrogens (tertiary/aromatic N) is 4. The van der Waals surface area contributed by atoms with Crippen molar-refractivity contribution < 1.29 is 0 Å². The van der Waals surface area contributed by atoms with E-state index < -0.39 is 0 Å². The lowest BCUT2D eigenvalue weighted by molar-refractivity contribution is 0.239. The predicted octanol–water partition coefficient (Wildman–Crippen LogP) is 2.55. The lowest BCUT2D eigenvalue weighted by atomic mass is 10.1. The molecule has 25 heavy (non-hydrogen) atoms. The summed E-state index contributed by atoms with van der Waals surface area (Å²) in [6, 6.07) is 9.60. The first-order valence-corrected chi connectivity index (χ1v) is 8.84. The van der Waals surface area contributed by atoms with Crippen molar-refractivity contribution in [3.8, 4) is 11.4 Å². The Balaban J connectivity index is 1.58. The summed E-state index contributed by atoms with van der Waals surface area (Å²) >= 11 is 3.39. The molecule has 3 aromatic rings. The molecule has 0 unspecified atom stereocenters. The number of H-pyrrole nitrogens is 1. The zero-order chi connectivity index (χ0) is 17.2. The number of aromatic amines is 1. The van der Waals surface area contributed by atoms with Crippen LogP contribution in [-0.2, 0) is 19.5 Å². The van der Waals surface area contributed by atoms with Crippen LogP contribution in [-0.4, -0.2) is 31.4 Å². The number of hydrogen-bond acceptors (Lipinski definition) is 5. The summed E-state index contributed by atoms with van der Waals surface area (Å²) < 4.78 is 0.822. The van der Waals surface area contributed by atoms with Gasteiger partial charge < -0.3 is 4.98 Å². The third-order valence-corrected chi connectivity index (χ3v) is 4.68. The number of halogens is 1. The molecule has 0 fully saturated rings. The van der Waals surface area contributed by atoms with E-state index in [4.69, 9.17) is 0 Å². The Morgan fingerprint density at radius 3 is 2.92 bits per heavy atom. The van der Waals surface area contributed by atoms with E-state index in [1.54, 1.807) is 12.4 Å². The molecule has 4 heterocycles. The van der Waals surface area contributed by atoms with Crippen molar-refractivity contribution in [3.63, 3.8) is 0 Å². The van der Waals surface area contributed by atoms with Crippen LogP contribution in [0.25, 0.3) is 11.4 Å². The van der Waals surface area contributed by atoms with Crippen LogP contribution in [0.15, 0.2) is 52.1 Å². The highest BCUT2D eigenvalue weighted by Crippen LogP contribution is 2.19. The average molecular weight is 398 g/mol. The molecule has 7 heteroatoms. The predicted molar refractivity (Wildman–Crippen MR) is 97.8 cm³/mol. The van der Waals surface area contributed by atoms with Gasteiger partial charge in [-0.1, -0.05) is 6.07 Å². The normalized spacial score (nSPS) is 14.3. The molecule has 6 nitrogen and oxygen atoms in total. The topological polar surface area (TPSA) is 74.8 Å². The second-order valence-electron chi connectivity index (χ2n) is 5.99. The Hall–Kier alpha value is -2.38. The van der Waals surface area contributed by atoms with Crippen molar-refractivity contribution in [2.45, 2.75) is 19.5 Å². The third-order valence-electron chi connectivity index (χ3n) is 4.24. The molecule has 4 rings (SSSR count). The van der Waals surface area contributed by atoms with Crippen LogP contribution in [0.3, 0.4) is 0 Å². The monoisotopic (exact) mass is 397 g/mol. The van der Waals surface area contributed by atoms with Crippen molar-refractivity contribution in [2.75, 3.05) is 6.54 Å². The van der Waals surface area contributed by atoms with Crippen LogP contribution >= 0.6 is 15.9 Å². The lowest BCUT2D eigenvalue weighted by Crippen LogP contribution is -2.35. The first kappa shape index (κ1) is 16.1. The van der Waals surface area contributed by atoms with Crippen LogP contribution in [0.2, 0.25) is 0 Å². The highest BCUT2D eigenvalue weighted by Gasteiger charge is 2.22. The molecule has 0 saturated heterocycles. The number of fused-ring (bicyclic) bond motifs is 1. The molecular weight excluding hydrogens is 382 g/mol. The number of pyridine rings is 2. The Bertz CT molecular complexity index is 957. The summed E-state index contributed by atoms with van der Waals surface area (Å²) in [6.45, 7) is 2.14. The largest absolute Gasteiger partial charge is 0.306 e. The second kappa shape index (κ2) is 6.85. The summed E-state index contributed by atoms with van der Waals surface area (Å²) in [4.78, 5) is 30.9. The van der Waals surface area contributed by atoms with Gasteiger partial charge in [0, 0.05) is 44.0 Å². The van der Waals surface area contributed by atoms with Crippen molar-refractivity contribution in [3.05, 3.63) is 74.6 Å². The van der Waals surface area contributed by atoms with E-state index in [0.717, 1.165) is 40.1 Å². The fourth-order valence-electron chi connectivity index (χ4n) is 3.02. The van der Waals surface area contributed by atoms with E-state index in [2.05, 4.69) is 40.8 Å². The molecule has 0 aromatic carbocycles. The Morgan fingerprint density at radius 2 is 2.12 bits per heavy atom. The van der Waals surface area contributed by atoms with Gasteiger partial charge in [0.15, 0.2) is 0 Å². The molecular formula is C18H16BrN5O. The third kappa shape index (κ3) is 3.52. The summed E-state index contributed by atoms with van der Waals surface area (Å²) in [5, 5.41) is 0. The first-order valence-electron chi connectivity index (χ1n) is 8.05. The molecule has 0 amide bonds. The van der Waals surface area contributed by atoms with E-state index in [0.29, 0.717) is 18.9 Å². The van der Waals surface area contributed by atoms with Crippen molar-refractivity contribution in [1.29, 1.82) is 0 Å². The maximum Gasteiger partial charge on any atom is 0.255 e.